The molecule has 0 unspecified atom stereocenters. The van der Waals surface area contributed by atoms with Crippen LogP contribution >= 0.6 is 22.7 Å². The minimum atomic E-state index is -0.186. The smallest absolute Gasteiger partial charge is 0.131 e. The van der Waals surface area contributed by atoms with Crippen LogP contribution in [0.5, 0.6) is 11.5 Å². The Bertz CT molecular complexity index is 1110. The molecule has 0 bridgehead atoms. The molecule has 1 aliphatic carbocycles. The zero-order valence-electron chi connectivity index (χ0n) is 15.8. The van der Waals surface area contributed by atoms with Crippen LogP contribution in [0.4, 0.5) is 0 Å². The molecule has 1 aromatic carbocycles. The third-order valence-corrected chi connectivity index (χ3v) is 7.20. The molecule has 0 saturated heterocycles. The molecule has 0 spiro atoms. The van der Waals surface area contributed by atoms with Gasteiger partial charge in [0, 0.05) is 30.9 Å². The van der Waals surface area contributed by atoms with E-state index in [0.29, 0.717) is 5.92 Å². The van der Waals surface area contributed by atoms with E-state index in [1.807, 2.05) is 36.5 Å². The van der Waals surface area contributed by atoms with Gasteiger partial charge in [0.05, 0.1) is 37.4 Å². The van der Waals surface area contributed by atoms with Gasteiger partial charge in [-0.25, -0.2) is 4.98 Å². The molecule has 1 aliphatic rings. The minimum absolute atomic E-state index is 0.186. The number of aliphatic hydroxyl groups is 1. The second kappa shape index (κ2) is 8.18. The third kappa shape index (κ3) is 4.17. The lowest BCUT2D eigenvalue weighted by atomic mass is 9.84. The summed E-state index contributed by atoms with van der Waals surface area (Å²) in [6, 6.07) is 9.79. The van der Waals surface area contributed by atoms with Gasteiger partial charge < -0.3 is 9.84 Å². The monoisotopic (exact) mass is 423 g/mol. The van der Waals surface area contributed by atoms with Crippen LogP contribution in [-0.4, -0.2) is 26.2 Å². The number of rotatable bonds is 5. The molecule has 1 fully saturated rings. The van der Waals surface area contributed by atoms with Gasteiger partial charge in [0.15, 0.2) is 0 Å². The predicted octanol–water partition coefficient (Wildman–Crippen LogP) is 5.70. The van der Waals surface area contributed by atoms with E-state index < -0.39 is 0 Å². The molecule has 1 saturated carbocycles. The van der Waals surface area contributed by atoms with Gasteiger partial charge >= 0.3 is 0 Å². The SMILES string of the molecule is O[C@@H]1CCCC[C@H]1Cc1nc2ccc(Oc3ccnc(-c4cncs4)c3)cc2s1. The molecule has 3 aromatic heterocycles. The summed E-state index contributed by atoms with van der Waals surface area (Å²) in [7, 11) is 0. The van der Waals surface area contributed by atoms with Gasteiger partial charge in [0.2, 0.25) is 0 Å². The highest BCUT2D eigenvalue weighted by molar-refractivity contribution is 7.18. The van der Waals surface area contributed by atoms with E-state index in [1.54, 1.807) is 34.4 Å². The molecular formula is C22H21N3O2S2. The van der Waals surface area contributed by atoms with Gasteiger partial charge in [0.1, 0.15) is 11.5 Å². The molecule has 29 heavy (non-hydrogen) atoms. The van der Waals surface area contributed by atoms with Crippen molar-refractivity contribution in [1.29, 1.82) is 0 Å². The number of hydrogen-bond donors (Lipinski definition) is 1. The maximum Gasteiger partial charge on any atom is 0.131 e. The molecule has 3 heterocycles. The molecule has 0 radical (unpaired) electrons. The Morgan fingerprint density at radius 1 is 1.10 bits per heavy atom. The van der Waals surface area contributed by atoms with Crippen LogP contribution in [0, 0.1) is 5.92 Å². The van der Waals surface area contributed by atoms with Crippen LogP contribution in [0.1, 0.15) is 30.7 Å². The van der Waals surface area contributed by atoms with Crippen molar-refractivity contribution < 1.29 is 9.84 Å². The van der Waals surface area contributed by atoms with E-state index in [9.17, 15) is 5.11 Å². The number of ether oxygens (including phenoxy) is 1. The first-order chi connectivity index (χ1) is 14.2. The number of pyridine rings is 1. The minimum Gasteiger partial charge on any atom is -0.457 e. The van der Waals surface area contributed by atoms with Crippen LogP contribution in [-0.2, 0) is 6.42 Å². The van der Waals surface area contributed by atoms with Crippen LogP contribution in [0.25, 0.3) is 20.8 Å². The number of hydrogen-bond acceptors (Lipinski definition) is 7. The maximum atomic E-state index is 10.3. The van der Waals surface area contributed by atoms with Gasteiger partial charge in [-0.05, 0) is 37.0 Å². The topological polar surface area (TPSA) is 68.1 Å². The van der Waals surface area contributed by atoms with E-state index in [1.165, 1.54) is 6.42 Å². The predicted molar refractivity (Wildman–Crippen MR) is 117 cm³/mol. The van der Waals surface area contributed by atoms with E-state index >= 15 is 0 Å². The summed E-state index contributed by atoms with van der Waals surface area (Å²) in [5.41, 5.74) is 3.64. The zero-order chi connectivity index (χ0) is 19.6. The Balaban J connectivity index is 1.34. The second-order valence-corrected chi connectivity index (χ2v) is 9.40. The molecule has 0 amide bonds. The first-order valence-electron chi connectivity index (χ1n) is 9.85. The summed E-state index contributed by atoms with van der Waals surface area (Å²) < 4.78 is 7.20. The molecule has 148 valence electrons. The van der Waals surface area contributed by atoms with Crippen molar-refractivity contribution in [3.05, 3.63) is 53.2 Å². The highest BCUT2D eigenvalue weighted by atomic mass is 32.1. The molecule has 5 rings (SSSR count). The Labute approximate surface area is 177 Å². The first kappa shape index (κ1) is 18.7. The standard InChI is InChI=1S/C22H21N3O2S2/c26-19-4-2-1-3-14(19)9-22-25-17-6-5-15(11-20(17)29-22)27-16-7-8-24-18(10-16)21-12-23-13-28-21/h5-8,10-14,19,26H,1-4,9H2/t14-,19+/m0/s1. The first-order valence-corrected chi connectivity index (χ1v) is 11.5. The van der Waals surface area contributed by atoms with Gasteiger partial charge in [0.25, 0.3) is 0 Å². The van der Waals surface area contributed by atoms with E-state index in [0.717, 1.165) is 63.0 Å². The quantitative estimate of drug-likeness (QED) is 0.446. The summed E-state index contributed by atoms with van der Waals surface area (Å²) in [6.07, 6.45) is 8.60. The number of nitrogens with zero attached hydrogens (tertiary/aromatic N) is 3. The number of aromatic nitrogens is 3. The van der Waals surface area contributed by atoms with Crippen molar-refractivity contribution in [1.82, 2.24) is 15.0 Å². The average Bonchev–Trinajstić information content (AvgIpc) is 3.39. The molecule has 1 N–H and O–H groups in total. The van der Waals surface area contributed by atoms with Crippen LogP contribution in [0.2, 0.25) is 0 Å². The Hall–Kier alpha value is -2.35. The third-order valence-electron chi connectivity index (χ3n) is 5.36. The van der Waals surface area contributed by atoms with Crippen molar-refractivity contribution >= 4 is 32.9 Å². The molecule has 2 atom stereocenters. The fourth-order valence-corrected chi connectivity index (χ4v) is 5.52. The second-order valence-electron chi connectivity index (χ2n) is 7.40. The summed E-state index contributed by atoms with van der Waals surface area (Å²) in [4.78, 5) is 14.3. The van der Waals surface area contributed by atoms with E-state index in [4.69, 9.17) is 9.72 Å². The fraction of sp³-hybridized carbons (Fsp3) is 0.318. The lowest BCUT2D eigenvalue weighted by Gasteiger charge is -2.26. The highest BCUT2D eigenvalue weighted by Gasteiger charge is 2.24. The Morgan fingerprint density at radius 3 is 2.86 bits per heavy atom. The highest BCUT2D eigenvalue weighted by Crippen LogP contribution is 2.33. The van der Waals surface area contributed by atoms with Gasteiger partial charge in [-0.3, -0.25) is 9.97 Å². The Morgan fingerprint density at radius 2 is 2.00 bits per heavy atom. The number of fused-ring (bicyclic) bond motifs is 1. The average molecular weight is 424 g/mol. The molecule has 5 nitrogen and oxygen atoms in total. The van der Waals surface area contributed by atoms with Crippen molar-refractivity contribution in [2.45, 2.75) is 38.2 Å². The van der Waals surface area contributed by atoms with Crippen LogP contribution in [0.15, 0.2) is 48.2 Å². The molecule has 0 aliphatic heterocycles. The molecular weight excluding hydrogens is 402 g/mol. The molecule has 7 heteroatoms. The Kier molecular flexibility index (Phi) is 5.26. The fourth-order valence-electron chi connectivity index (χ4n) is 3.84. The van der Waals surface area contributed by atoms with Crippen molar-refractivity contribution in [2.75, 3.05) is 0 Å². The number of benzene rings is 1. The van der Waals surface area contributed by atoms with Crippen LogP contribution in [0.3, 0.4) is 0 Å². The normalized spacial score (nSPS) is 19.5. The zero-order valence-corrected chi connectivity index (χ0v) is 17.5. The lowest BCUT2D eigenvalue weighted by Crippen LogP contribution is -2.26. The van der Waals surface area contributed by atoms with Crippen molar-refractivity contribution in [2.24, 2.45) is 5.92 Å². The van der Waals surface area contributed by atoms with E-state index in [-0.39, 0.29) is 6.10 Å². The van der Waals surface area contributed by atoms with Crippen LogP contribution < -0.4 is 4.74 Å². The van der Waals surface area contributed by atoms with Gasteiger partial charge in [-0.2, -0.15) is 0 Å². The number of thiazole rings is 2. The van der Waals surface area contributed by atoms with E-state index in [2.05, 4.69) is 9.97 Å². The summed E-state index contributed by atoms with van der Waals surface area (Å²) >= 11 is 3.25. The van der Waals surface area contributed by atoms with Gasteiger partial charge in [-0.1, -0.05) is 12.8 Å². The van der Waals surface area contributed by atoms with Gasteiger partial charge in [-0.15, -0.1) is 22.7 Å². The summed E-state index contributed by atoms with van der Waals surface area (Å²) in [5, 5.41) is 11.3. The summed E-state index contributed by atoms with van der Waals surface area (Å²) in [6.45, 7) is 0. The number of aliphatic hydroxyl groups excluding tert-OH is 1. The summed E-state index contributed by atoms with van der Waals surface area (Å²) in [5.74, 6) is 1.87. The van der Waals surface area contributed by atoms with Crippen molar-refractivity contribution in [3.63, 3.8) is 0 Å². The maximum absolute atomic E-state index is 10.3. The lowest BCUT2D eigenvalue weighted by molar-refractivity contribution is 0.0700. The largest absolute Gasteiger partial charge is 0.457 e. The van der Waals surface area contributed by atoms with Crippen molar-refractivity contribution in [3.8, 4) is 22.1 Å². The molecule has 4 aromatic rings.